The molecule has 2 aliphatic rings. The third-order valence-corrected chi connectivity index (χ3v) is 5.03. The first-order chi connectivity index (χ1) is 12.6. The van der Waals surface area contributed by atoms with Crippen LogP contribution in [-0.4, -0.2) is 29.1 Å². The van der Waals surface area contributed by atoms with Crippen LogP contribution in [0.15, 0.2) is 46.5 Å². The number of hydrazone groups is 1. The highest BCUT2D eigenvalue weighted by molar-refractivity contribution is 8.14. The number of hydrogen-bond donors (Lipinski definition) is 2. The van der Waals surface area contributed by atoms with Gasteiger partial charge in [0.15, 0.2) is 11.8 Å². The molecule has 0 fully saturated rings. The highest BCUT2D eigenvalue weighted by Gasteiger charge is 2.19. The Kier molecular flexibility index (Phi) is 4.38. The number of aliphatic imine (C=N–C) groups is 1. The Morgan fingerprint density at radius 2 is 2.08 bits per heavy atom. The van der Waals surface area contributed by atoms with Crippen molar-refractivity contribution in [3.05, 3.63) is 53.1 Å². The monoisotopic (exact) mass is 366 g/mol. The largest absolute Gasteiger partial charge is 0.482 e. The minimum atomic E-state index is -0.143. The van der Waals surface area contributed by atoms with Crippen LogP contribution in [0, 0.1) is 13.8 Å². The van der Waals surface area contributed by atoms with Gasteiger partial charge in [-0.05, 0) is 43.7 Å². The fraction of sp³-hybridized carbons (Fsp3) is 0.211. The maximum atomic E-state index is 11.5. The summed E-state index contributed by atoms with van der Waals surface area (Å²) >= 11 is 1.60. The van der Waals surface area contributed by atoms with Gasteiger partial charge < -0.3 is 10.1 Å². The number of nitrogens with zero attached hydrogens (tertiary/aromatic N) is 2. The van der Waals surface area contributed by atoms with Gasteiger partial charge in [-0.1, -0.05) is 29.5 Å². The van der Waals surface area contributed by atoms with Crippen LogP contribution < -0.4 is 15.5 Å². The Morgan fingerprint density at radius 1 is 1.19 bits per heavy atom. The first-order valence-electron chi connectivity index (χ1n) is 8.27. The summed E-state index contributed by atoms with van der Waals surface area (Å²) in [6, 6.07) is 11.9. The summed E-state index contributed by atoms with van der Waals surface area (Å²) in [5, 5.41) is 8.05. The molecule has 6 nitrogen and oxygen atoms in total. The molecule has 1 amide bonds. The zero-order valence-electron chi connectivity index (χ0n) is 14.5. The van der Waals surface area contributed by atoms with Gasteiger partial charge in [-0.2, -0.15) is 5.10 Å². The van der Waals surface area contributed by atoms with E-state index in [4.69, 9.17) is 4.74 Å². The van der Waals surface area contributed by atoms with Gasteiger partial charge in [0.1, 0.15) is 5.75 Å². The second-order valence-corrected chi connectivity index (χ2v) is 7.18. The zero-order valence-corrected chi connectivity index (χ0v) is 15.3. The molecule has 0 bridgehead atoms. The van der Waals surface area contributed by atoms with Gasteiger partial charge in [0, 0.05) is 11.3 Å². The highest BCUT2D eigenvalue weighted by atomic mass is 32.2. The lowest BCUT2D eigenvalue weighted by Gasteiger charge is -2.20. The van der Waals surface area contributed by atoms with Gasteiger partial charge in [0.25, 0.3) is 5.91 Å². The molecule has 2 heterocycles. The van der Waals surface area contributed by atoms with Gasteiger partial charge in [0.2, 0.25) is 0 Å². The Balaban J connectivity index is 1.53. The van der Waals surface area contributed by atoms with Gasteiger partial charge in [-0.15, -0.1) is 0 Å². The molecular formula is C19H18N4O2S. The second kappa shape index (κ2) is 6.84. The van der Waals surface area contributed by atoms with Gasteiger partial charge in [0.05, 0.1) is 17.1 Å². The van der Waals surface area contributed by atoms with E-state index in [0.29, 0.717) is 17.2 Å². The SMILES string of the molecule is Cc1ccc(N=C2NN=C(c3ccc4c(c3)NC(=O)CO4)CS2)c(C)c1. The summed E-state index contributed by atoms with van der Waals surface area (Å²) in [7, 11) is 0. The number of benzene rings is 2. The number of hydrogen-bond acceptors (Lipinski definition) is 5. The smallest absolute Gasteiger partial charge is 0.262 e. The summed E-state index contributed by atoms with van der Waals surface area (Å²) in [6.07, 6.45) is 0. The predicted molar refractivity (Wildman–Crippen MR) is 106 cm³/mol. The minimum absolute atomic E-state index is 0.0585. The lowest BCUT2D eigenvalue weighted by Crippen LogP contribution is -2.27. The summed E-state index contributed by atoms with van der Waals surface area (Å²) < 4.78 is 5.39. The molecule has 4 rings (SSSR count). The van der Waals surface area contributed by atoms with Crippen molar-refractivity contribution >= 4 is 39.9 Å². The molecule has 0 spiro atoms. The summed E-state index contributed by atoms with van der Waals surface area (Å²) in [5.41, 5.74) is 8.86. The van der Waals surface area contributed by atoms with Gasteiger partial charge >= 0.3 is 0 Å². The Morgan fingerprint density at radius 3 is 2.85 bits per heavy atom. The van der Waals surface area contributed by atoms with E-state index >= 15 is 0 Å². The minimum Gasteiger partial charge on any atom is -0.482 e. The molecule has 0 aromatic heterocycles. The molecule has 26 heavy (non-hydrogen) atoms. The fourth-order valence-electron chi connectivity index (χ4n) is 2.82. The van der Waals surface area contributed by atoms with Crippen molar-refractivity contribution in [3.8, 4) is 5.75 Å². The standard InChI is InChI=1S/C19H18N4O2S/c1-11-3-5-14(12(2)7-11)21-19-23-22-16(10-26-19)13-4-6-17-15(8-13)20-18(24)9-25-17/h3-8H,9-10H2,1-2H3,(H,20,24)(H,21,23). The summed E-state index contributed by atoms with van der Waals surface area (Å²) in [5.74, 6) is 1.24. The first-order valence-corrected chi connectivity index (χ1v) is 9.25. The average Bonchev–Trinajstić information content (AvgIpc) is 2.64. The topological polar surface area (TPSA) is 75.1 Å². The normalized spacial score (nSPS) is 17.7. The summed E-state index contributed by atoms with van der Waals surface area (Å²) in [4.78, 5) is 16.1. The molecule has 2 aromatic rings. The number of rotatable bonds is 2. The van der Waals surface area contributed by atoms with Crippen LogP contribution in [-0.2, 0) is 4.79 Å². The number of fused-ring (bicyclic) bond motifs is 1. The number of carbonyl (C=O) groups excluding carboxylic acids is 1. The molecule has 0 atom stereocenters. The van der Waals surface area contributed by atoms with Crippen molar-refractivity contribution in [2.24, 2.45) is 10.1 Å². The van der Waals surface area contributed by atoms with Crippen LogP contribution >= 0.6 is 11.8 Å². The number of ether oxygens (including phenoxy) is 1. The molecule has 132 valence electrons. The molecule has 0 aliphatic carbocycles. The number of nitrogens with one attached hydrogen (secondary N) is 2. The third-order valence-electron chi connectivity index (χ3n) is 4.15. The van der Waals surface area contributed by atoms with E-state index in [0.717, 1.165) is 27.7 Å². The first kappa shape index (κ1) is 16.7. The van der Waals surface area contributed by atoms with Crippen LogP contribution in [0.2, 0.25) is 0 Å². The van der Waals surface area contributed by atoms with Crippen LogP contribution in [0.1, 0.15) is 16.7 Å². The fourth-order valence-corrected chi connectivity index (χ4v) is 3.60. The van der Waals surface area contributed by atoms with Crippen molar-refractivity contribution in [1.29, 1.82) is 0 Å². The van der Waals surface area contributed by atoms with Crippen LogP contribution in [0.3, 0.4) is 0 Å². The van der Waals surface area contributed by atoms with Gasteiger partial charge in [-0.3, -0.25) is 10.2 Å². The Labute approximate surface area is 155 Å². The van der Waals surface area contributed by atoms with Crippen molar-refractivity contribution < 1.29 is 9.53 Å². The maximum absolute atomic E-state index is 11.5. The van der Waals surface area contributed by atoms with E-state index in [1.54, 1.807) is 11.8 Å². The molecule has 0 radical (unpaired) electrons. The number of anilines is 1. The summed E-state index contributed by atoms with van der Waals surface area (Å²) in [6.45, 7) is 4.18. The number of thioether (sulfide) groups is 1. The maximum Gasteiger partial charge on any atom is 0.262 e. The number of amidine groups is 1. The van der Waals surface area contributed by atoms with Crippen LogP contribution in [0.5, 0.6) is 5.75 Å². The van der Waals surface area contributed by atoms with Crippen LogP contribution in [0.4, 0.5) is 11.4 Å². The zero-order chi connectivity index (χ0) is 18.1. The molecule has 2 aromatic carbocycles. The van der Waals surface area contributed by atoms with Crippen LogP contribution in [0.25, 0.3) is 0 Å². The number of carbonyl (C=O) groups is 1. The van der Waals surface area contributed by atoms with Gasteiger partial charge in [-0.25, -0.2) is 4.99 Å². The van der Waals surface area contributed by atoms with E-state index in [1.807, 2.05) is 24.3 Å². The van der Waals surface area contributed by atoms with Crippen molar-refractivity contribution in [2.45, 2.75) is 13.8 Å². The molecule has 2 aliphatic heterocycles. The lowest BCUT2D eigenvalue weighted by molar-refractivity contribution is -0.118. The third kappa shape index (κ3) is 3.43. The Hall–Kier alpha value is -2.80. The molecule has 2 N–H and O–H groups in total. The predicted octanol–water partition coefficient (Wildman–Crippen LogP) is 3.36. The molecule has 0 unspecified atom stereocenters. The van der Waals surface area contributed by atoms with E-state index in [1.165, 1.54) is 5.56 Å². The Bertz CT molecular complexity index is 953. The molecular weight excluding hydrogens is 348 g/mol. The molecule has 0 saturated heterocycles. The van der Waals surface area contributed by atoms with Crippen molar-refractivity contribution in [1.82, 2.24) is 5.43 Å². The van der Waals surface area contributed by atoms with Crippen molar-refractivity contribution in [3.63, 3.8) is 0 Å². The highest BCUT2D eigenvalue weighted by Crippen LogP contribution is 2.30. The van der Waals surface area contributed by atoms with Crippen molar-refractivity contribution in [2.75, 3.05) is 17.7 Å². The second-order valence-electron chi connectivity index (χ2n) is 6.21. The van der Waals surface area contributed by atoms with E-state index in [-0.39, 0.29) is 12.5 Å². The number of amides is 1. The van der Waals surface area contributed by atoms with E-state index < -0.39 is 0 Å². The van der Waals surface area contributed by atoms with E-state index in [9.17, 15) is 4.79 Å². The molecule has 0 saturated carbocycles. The average molecular weight is 366 g/mol. The molecule has 7 heteroatoms. The quantitative estimate of drug-likeness (QED) is 0.855. The lowest BCUT2D eigenvalue weighted by atomic mass is 10.1. The van der Waals surface area contributed by atoms with E-state index in [2.05, 4.69) is 46.8 Å². The number of aryl methyl sites for hydroxylation is 2.